The van der Waals surface area contributed by atoms with E-state index in [2.05, 4.69) is 4.90 Å². The fourth-order valence-electron chi connectivity index (χ4n) is 3.37. The van der Waals surface area contributed by atoms with E-state index >= 15 is 0 Å². The summed E-state index contributed by atoms with van der Waals surface area (Å²) in [4.78, 5) is 27.0. The predicted octanol–water partition coefficient (Wildman–Crippen LogP) is 4.47. The lowest BCUT2D eigenvalue weighted by Crippen LogP contribution is -2.48. The number of carbonyl (C=O) groups excluding carboxylic acids is 1. The predicted molar refractivity (Wildman–Crippen MR) is 110 cm³/mol. The fourth-order valence-corrected chi connectivity index (χ4v) is 3.63. The summed E-state index contributed by atoms with van der Waals surface area (Å²) in [5.41, 5.74) is 1.66. The Hall–Kier alpha value is -3.32. The number of nitro benzene ring substituents is 1. The number of furan rings is 1. The average Bonchev–Trinajstić information content (AvgIpc) is 3.24. The Morgan fingerprint density at radius 1 is 0.966 bits per heavy atom. The highest BCUT2D eigenvalue weighted by atomic mass is 35.5. The van der Waals surface area contributed by atoms with Crippen molar-refractivity contribution in [1.29, 1.82) is 0 Å². The van der Waals surface area contributed by atoms with Crippen LogP contribution in [0.2, 0.25) is 5.02 Å². The summed E-state index contributed by atoms with van der Waals surface area (Å²) in [7, 11) is 0. The minimum atomic E-state index is -0.455. The van der Waals surface area contributed by atoms with E-state index in [0.717, 1.165) is 5.69 Å². The molecule has 8 heteroatoms. The Morgan fingerprint density at radius 3 is 2.31 bits per heavy atom. The molecular formula is C21H18ClN3O4. The number of piperazine rings is 1. The van der Waals surface area contributed by atoms with Crippen LogP contribution in [0, 0.1) is 10.1 Å². The minimum Gasteiger partial charge on any atom is -0.451 e. The zero-order valence-corrected chi connectivity index (χ0v) is 16.2. The molecule has 4 rings (SSSR count). The highest BCUT2D eigenvalue weighted by Gasteiger charge is 2.25. The van der Waals surface area contributed by atoms with E-state index < -0.39 is 4.92 Å². The van der Waals surface area contributed by atoms with Gasteiger partial charge in [0.25, 0.3) is 11.6 Å². The van der Waals surface area contributed by atoms with Gasteiger partial charge in [0.15, 0.2) is 5.76 Å². The van der Waals surface area contributed by atoms with E-state index in [1.54, 1.807) is 29.2 Å². The summed E-state index contributed by atoms with van der Waals surface area (Å²) >= 11 is 6.27. The lowest BCUT2D eigenvalue weighted by atomic mass is 10.1. The zero-order valence-electron chi connectivity index (χ0n) is 15.5. The summed E-state index contributed by atoms with van der Waals surface area (Å²) in [6.45, 7) is 2.51. The van der Waals surface area contributed by atoms with Crippen LogP contribution in [0.5, 0.6) is 0 Å². The first-order valence-corrected chi connectivity index (χ1v) is 9.54. The number of hydrogen-bond acceptors (Lipinski definition) is 5. The van der Waals surface area contributed by atoms with Crippen LogP contribution in [0.3, 0.4) is 0 Å². The maximum atomic E-state index is 12.8. The SMILES string of the molecule is O=C(c1ccc(-c2ccc([N+](=O)[O-])cc2)o1)N1CCN(c2ccccc2Cl)CC1. The summed E-state index contributed by atoms with van der Waals surface area (Å²) in [5, 5.41) is 11.5. The molecule has 0 saturated carbocycles. The molecule has 1 fully saturated rings. The number of hydrogen-bond donors (Lipinski definition) is 0. The quantitative estimate of drug-likeness (QED) is 0.467. The third-order valence-corrected chi connectivity index (χ3v) is 5.26. The van der Waals surface area contributed by atoms with Gasteiger partial charge in [-0.3, -0.25) is 14.9 Å². The van der Waals surface area contributed by atoms with Gasteiger partial charge < -0.3 is 14.2 Å². The molecule has 0 bridgehead atoms. The normalized spacial score (nSPS) is 14.1. The highest BCUT2D eigenvalue weighted by Crippen LogP contribution is 2.28. The zero-order chi connectivity index (χ0) is 20.4. The Balaban J connectivity index is 1.42. The number of para-hydroxylation sites is 1. The summed E-state index contributed by atoms with van der Waals surface area (Å²) in [6, 6.07) is 17.0. The Bertz CT molecular complexity index is 1040. The van der Waals surface area contributed by atoms with Crippen molar-refractivity contribution < 1.29 is 14.1 Å². The number of amides is 1. The van der Waals surface area contributed by atoms with Gasteiger partial charge in [0.1, 0.15) is 5.76 Å². The van der Waals surface area contributed by atoms with Crippen LogP contribution in [-0.2, 0) is 0 Å². The number of non-ortho nitro benzene ring substituents is 1. The van der Waals surface area contributed by atoms with E-state index in [9.17, 15) is 14.9 Å². The monoisotopic (exact) mass is 411 g/mol. The van der Waals surface area contributed by atoms with Crippen LogP contribution in [0.15, 0.2) is 65.1 Å². The maximum absolute atomic E-state index is 12.8. The lowest BCUT2D eigenvalue weighted by Gasteiger charge is -2.36. The van der Waals surface area contributed by atoms with Crippen molar-refractivity contribution in [3.8, 4) is 11.3 Å². The number of benzene rings is 2. The molecule has 1 aromatic heterocycles. The third kappa shape index (κ3) is 3.95. The van der Waals surface area contributed by atoms with Crippen molar-refractivity contribution in [2.75, 3.05) is 31.1 Å². The van der Waals surface area contributed by atoms with Crippen LogP contribution >= 0.6 is 11.6 Å². The molecule has 0 spiro atoms. The standard InChI is InChI=1S/C21H18ClN3O4/c22-17-3-1-2-4-18(17)23-11-13-24(14-12-23)21(26)20-10-9-19(29-20)15-5-7-16(8-6-15)25(27)28/h1-10H,11-14H2. The molecule has 3 aromatic rings. The summed E-state index contributed by atoms with van der Waals surface area (Å²) in [5.74, 6) is 0.583. The maximum Gasteiger partial charge on any atom is 0.289 e. The molecule has 29 heavy (non-hydrogen) atoms. The number of nitro groups is 1. The molecule has 2 heterocycles. The van der Waals surface area contributed by atoms with E-state index in [0.29, 0.717) is 42.5 Å². The highest BCUT2D eigenvalue weighted by molar-refractivity contribution is 6.33. The number of carbonyl (C=O) groups is 1. The van der Waals surface area contributed by atoms with Gasteiger partial charge in [0, 0.05) is 43.9 Å². The second kappa shape index (κ2) is 7.97. The van der Waals surface area contributed by atoms with Crippen LogP contribution in [0.25, 0.3) is 11.3 Å². The van der Waals surface area contributed by atoms with Gasteiger partial charge in [-0.05, 0) is 36.4 Å². The first kappa shape index (κ1) is 19.0. The van der Waals surface area contributed by atoms with Crippen molar-refractivity contribution in [2.45, 2.75) is 0 Å². The number of rotatable bonds is 4. The Morgan fingerprint density at radius 2 is 1.66 bits per heavy atom. The first-order valence-electron chi connectivity index (χ1n) is 9.16. The molecule has 1 saturated heterocycles. The molecule has 0 atom stereocenters. The van der Waals surface area contributed by atoms with Gasteiger partial charge in [0.2, 0.25) is 0 Å². The smallest absolute Gasteiger partial charge is 0.289 e. The van der Waals surface area contributed by atoms with Crippen molar-refractivity contribution in [1.82, 2.24) is 4.90 Å². The lowest BCUT2D eigenvalue weighted by molar-refractivity contribution is -0.384. The topological polar surface area (TPSA) is 79.8 Å². The van der Waals surface area contributed by atoms with Crippen molar-refractivity contribution in [3.63, 3.8) is 0 Å². The second-order valence-electron chi connectivity index (χ2n) is 6.70. The van der Waals surface area contributed by atoms with Crippen LogP contribution in [0.1, 0.15) is 10.6 Å². The molecule has 0 N–H and O–H groups in total. The first-order chi connectivity index (χ1) is 14.0. The van der Waals surface area contributed by atoms with Gasteiger partial charge in [0.05, 0.1) is 15.6 Å². The molecule has 7 nitrogen and oxygen atoms in total. The summed E-state index contributed by atoms with van der Waals surface area (Å²) < 4.78 is 5.72. The van der Waals surface area contributed by atoms with E-state index in [-0.39, 0.29) is 17.4 Å². The third-order valence-electron chi connectivity index (χ3n) is 4.94. The molecular weight excluding hydrogens is 394 g/mol. The molecule has 1 aliphatic rings. The molecule has 0 aliphatic carbocycles. The molecule has 148 valence electrons. The number of nitrogens with zero attached hydrogens (tertiary/aromatic N) is 3. The second-order valence-corrected chi connectivity index (χ2v) is 7.11. The fraction of sp³-hybridized carbons (Fsp3) is 0.190. The number of anilines is 1. The van der Waals surface area contributed by atoms with E-state index in [4.69, 9.17) is 16.0 Å². The van der Waals surface area contributed by atoms with E-state index in [1.165, 1.54) is 12.1 Å². The minimum absolute atomic E-state index is 0.00740. The van der Waals surface area contributed by atoms with Crippen LogP contribution in [-0.4, -0.2) is 41.9 Å². The van der Waals surface area contributed by atoms with Gasteiger partial charge in [-0.25, -0.2) is 0 Å². The van der Waals surface area contributed by atoms with Crippen LogP contribution in [0.4, 0.5) is 11.4 Å². The Kier molecular flexibility index (Phi) is 5.22. The molecule has 2 aromatic carbocycles. The van der Waals surface area contributed by atoms with Gasteiger partial charge in [-0.2, -0.15) is 0 Å². The molecule has 0 unspecified atom stereocenters. The molecule has 1 amide bonds. The van der Waals surface area contributed by atoms with Crippen LogP contribution < -0.4 is 4.90 Å². The average molecular weight is 412 g/mol. The van der Waals surface area contributed by atoms with Gasteiger partial charge in [-0.15, -0.1) is 0 Å². The number of halogens is 1. The largest absolute Gasteiger partial charge is 0.451 e. The van der Waals surface area contributed by atoms with E-state index in [1.807, 2.05) is 24.3 Å². The van der Waals surface area contributed by atoms with Gasteiger partial charge >= 0.3 is 0 Å². The van der Waals surface area contributed by atoms with Crippen molar-refractivity contribution in [3.05, 3.63) is 81.6 Å². The molecule has 0 radical (unpaired) electrons. The Labute approximate surface area is 172 Å². The van der Waals surface area contributed by atoms with Crippen molar-refractivity contribution in [2.24, 2.45) is 0 Å². The molecule has 1 aliphatic heterocycles. The van der Waals surface area contributed by atoms with Gasteiger partial charge in [-0.1, -0.05) is 23.7 Å². The van der Waals surface area contributed by atoms with Crippen molar-refractivity contribution >= 4 is 28.9 Å². The summed E-state index contributed by atoms with van der Waals surface area (Å²) in [6.07, 6.45) is 0.